The number of alkyl halides is 3. The summed E-state index contributed by atoms with van der Waals surface area (Å²) in [6.07, 6.45) is -4.64. The number of carbonyl (C=O) groups is 1. The van der Waals surface area contributed by atoms with Gasteiger partial charge in [0.05, 0.1) is 22.3 Å². The average molecular weight is 441 g/mol. The van der Waals surface area contributed by atoms with Gasteiger partial charge in [-0.05, 0) is 38.1 Å². The number of carbonyl (C=O) groups excluding carboxylic acids is 1. The number of halogens is 3. The maximum atomic E-state index is 13.5. The molecule has 4 rings (SSSR count). The molecule has 10 heteroatoms. The predicted molar refractivity (Wildman–Crippen MR) is 113 cm³/mol. The highest BCUT2D eigenvalue weighted by Gasteiger charge is 2.34. The van der Waals surface area contributed by atoms with Crippen LogP contribution in [0, 0.1) is 6.92 Å². The molecule has 4 aromatic rings. The lowest BCUT2D eigenvalue weighted by Gasteiger charge is -2.16. The van der Waals surface area contributed by atoms with Gasteiger partial charge in [-0.15, -0.1) is 0 Å². The number of para-hydroxylation sites is 3. The second-order valence-electron chi connectivity index (χ2n) is 7.05. The molecule has 0 radical (unpaired) electrons. The fourth-order valence-corrected chi connectivity index (χ4v) is 3.50. The molecule has 0 aliphatic carbocycles. The molecule has 1 N–H and O–H groups in total. The predicted octanol–water partition coefficient (Wildman–Crippen LogP) is 4.18. The van der Waals surface area contributed by atoms with E-state index >= 15 is 0 Å². The number of nitrogens with zero attached hydrogens (tertiary/aromatic N) is 4. The molecule has 2 aromatic heterocycles. The molecule has 0 fully saturated rings. The number of amides is 1. The van der Waals surface area contributed by atoms with Crippen LogP contribution in [0.15, 0.2) is 59.4 Å². The van der Waals surface area contributed by atoms with E-state index < -0.39 is 28.8 Å². The van der Waals surface area contributed by atoms with Crippen molar-refractivity contribution in [1.82, 2.24) is 19.3 Å². The third-order valence-electron chi connectivity index (χ3n) is 4.96. The maximum Gasteiger partial charge on any atom is 0.418 e. The highest BCUT2D eigenvalue weighted by Crippen LogP contribution is 2.33. The zero-order chi connectivity index (χ0) is 23.0. The van der Waals surface area contributed by atoms with Crippen molar-refractivity contribution in [2.24, 2.45) is 0 Å². The van der Waals surface area contributed by atoms with Gasteiger partial charge in [-0.2, -0.15) is 18.3 Å². The highest BCUT2D eigenvalue weighted by molar-refractivity contribution is 6.02. The van der Waals surface area contributed by atoms with E-state index in [1.54, 1.807) is 16.7 Å². The molecule has 0 atom stereocenters. The van der Waals surface area contributed by atoms with Crippen molar-refractivity contribution in [3.63, 3.8) is 0 Å². The standard InChI is InChI=1S/C22H18F3N5O2/c1-3-29-17-11-7-5-9-15(17)26-21(29)27-20(32)19-18(31)12-13(2)30(28-19)16-10-6-4-8-14(16)22(23,24)25/h4-12H,3H2,1-2H3,(H,26,27,32). The Hall–Kier alpha value is -3.95. The van der Waals surface area contributed by atoms with Crippen molar-refractivity contribution >= 4 is 22.9 Å². The van der Waals surface area contributed by atoms with E-state index in [4.69, 9.17) is 0 Å². The SMILES string of the molecule is CCn1c(NC(=O)c2nn(-c3ccccc3C(F)(F)F)c(C)cc2=O)nc2ccccc21. The number of anilines is 1. The summed E-state index contributed by atoms with van der Waals surface area (Å²) in [5, 5.41) is 6.54. The monoisotopic (exact) mass is 441 g/mol. The van der Waals surface area contributed by atoms with Crippen LogP contribution in [0.1, 0.15) is 28.7 Å². The Morgan fingerprint density at radius 2 is 1.78 bits per heavy atom. The van der Waals surface area contributed by atoms with Crippen molar-refractivity contribution < 1.29 is 18.0 Å². The van der Waals surface area contributed by atoms with Gasteiger partial charge in [0.25, 0.3) is 5.91 Å². The van der Waals surface area contributed by atoms with Crippen molar-refractivity contribution in [2.45, 2.75) is 26.6 Å². The van der Waals surface area contributed by atoms with Crippen LogP contribution in [0.4, 0.5) is 19.1 Å². The molecule has 0 aliphatic rings. The van der Waals surface area contributed by atoms with Crippen LogP contribution < -0.4 is 10.7 Å². The first-order valence-corrected chi connectivity index (χ1v) is 9.75. The minimum Gasteiger partial charge on any atom is -0.310 e. The fraction of sp³-hybridized carbons (Fsp3) is 0.182. The van der Waals surface area contributed by atoms with Crippen molar-refractivity contribution in [3.8, 4) is 5.69 Å². The molecule has 1 amide bonds. The molecule has 0 bridgehead atoms. The Labute approximate surface area is 180 Å². The van der Waals surface area contributed by atoms with Gasteiger partial charge in [-0.3, -0.25) is 14.9 Å². The molecule has 0 aliphatic heterocycles. The Morgan fingerprint density at radius 1 is 1.09 bits per heavy atom. The Kier molecular flexibility index (Phi) is 5.29. The Bertz CT molecular complexity index is 1390. The molecule has 32 heavy (non-hydrogen) atoms. The average Bonchev–Trinajstić information content (AvgIpc) is 3.10. The minimum absolute atomic E-state index is 0.157. The van der Waals surface area contributed by atoms with Crippen LogP contribution in [0.2, 0.25) is 0 Å². The number of rotatable bonds is 4. The molecule has 0 saturated heterocycles. The van der Waals surface area contributed by atoms with E-state index in [-0.39, 0.29) is 17.3 Å². The van der Waals surface area contributed by atoms with Crippen LogP contribution in [0.3, 0.4) is 0 Å². The van der Waals surface area contributed by atoms with E-state index in [0.717, 1.165) is 22.3 Å². The molecular weight excluding hydrogens is 423 g/mol. The minimum atomic E-state index is -4.64. The third kappa shape index (κ3) is 3.75. The number of hydrogen-bond donors (Lipinski definition) is 1. The van der Waals surface area contributed by atoms with E-state index in [2.05, 4.69) is 15.4 Å². The lowest BCUT2D eigenvalue weighted by Crippen LogP contribution is -2.28. The number of hydrogen-bond acceptors (Lipinski definition) is 4. The number of nitrogens with one attached hydrogen (secondary N) is 1. The van der Waals surface area contributed by atoms with E-state index in [9.17, 15) is 22.8 Å². The second-order valence-corrected chi connectivity index (χ2v) is 7.05. The lowest BCUT2D eigenvalue weighted by atomic mass is 10.1. The van der Waals surface area contributed by atoms with Gasteiger partial charge in [-0.25, -0.2) is 9.67 Å². The zero-order valence-electron chi connectivity index (χ0n) is 17.1. The van der Waals surface area contributed by atoms with Gasteiger partial charge in [0.15, 0.2) is 5.69 Å². The van der Waals surface area contributed by atoms with Crippen LogP contribution in [0.5, 0.6) is 0 Å². The van der Waals surface area contributed by atoms with Gasteiger partial charge in [0.2, 0.25) is 11.4 Å². The molecule has 0 unspecified atom stereocenters. The summed E-state index contributed by atoms with van der Waals surface area (Å²) in [6, 6.07) is 13.2. The van der Waals surface area contributed by atoms with E-state index in [1.807, 2.05) is 19.1 Å². The van der Waals surface area contributed by atoms with Gasteiger partial charge in [-0.1, -0.05) is 24.3 Å². The molecule has 7 nitrogen and oxygen atoms in total. The number of benzene rings is 2. The van der Waals surface area contributed by atoms with Crippen LogP contribution in [0.25, 0.3) is 16.7 Å². The van der Waals surface area contributed by atoms with E-state index in [1.165, 1.54) is 25.1 Å². The van der Waals surface area contributed by atoms with Gasteiger partial charge in [0, 0.05) is 18.3 Å². The van der Waals surface area contributed by atoms with Crippen molar-refractivity contribution in [1.29, 1.82) is 0 Å². The van der Waals surface area contributed by atoms with Gasteiger partial charge in [0.1, 0.15) is 0 Å². The Balaban J connectivity index is 1.78. The van der Waals surface area contributed by atoms with Crippen LogP contribution in [-0.4, -0.2) is 25.2 Å². The highest BCUT2D eigenvalue weighted by atomic mass is 19.4. The van der Waals surface area contributed by atoms with Gasteiger partial charge >= 0.3 is 6.18 Å². The normalized spacial score (nSPS) is 11.7. The summed E-state index contributed by atoms with van der Waals surface area (Å²) in [5.74, 6) is -0.652. The molecule has 164 valence electrons. The molecule has 0 spiro atoms. The molecular formula is C22H18F3N5O2. The smallest absolute Gasteiger partial charge is 0.310 e. The summed E-state index contributed by atoms with van der Waals surface area (Å²) < 4.78 is 43.1. The Morgan fingerprint density at radius 3 is 2.50 bits per heavy atom. The van der Waals surface area contributed by atoms with Crippen LogP contribution >= 0.6 is 0 Å². The molecule has 0 saturated carbocycles. The number of fused-ring (bicyclic) bond motifs is 1. The van der Waals surface area contributed by atoms with Crippen molar-refractivity contribution in [2.75, 3.05) is 5.32 Å². The molecule has 2 aromatic carbocycles. The second kappa shape index (κ2) is 7.95. The summed E-state index contributed by atoms with van der Waals surface area (Å²) in [4.78, 5) is 29.7. The largest absolute Gasteiger partial charge is 0.418 e. The summed E-state index contributed by atoms with van der Waals surface area (Å²) >= 11 is 0. The summed E-state index contributed by atoms with van der Waals surface area (Å²) in [7, 11) is 0. The number of imidazole rings is 1. The molecule has 2 heterocycles. The third-order valence-corrected chi connectivity index (χ3v) is 4.96. The maximum absolute atomic E-state index is 13.5. The summed E-state index contributed by atoms with van der Waals surface area (Å²) in [6.45, 7) is 3.81. The quantitative estimate of drug-likeness (QED) is 0.515. The van der Waals surface area contributed by atoms with Crippen molar-refractivity contribution in [3.05, 3.63) is 81.8 Å². The first kappa shape index (κ1) is 21.3. The summed E-state index contributed by atoms with van der Waals surface area (Å²) in [5.41, 5.74) is -0.867. The van der Waals surface area contributed by atoms with E-state index in [0.29, 0.717) is 12.1 Å². The first-order valence-electron chi connectivity index (χ1n) is 9.75. The topological polar surface area (TPSA) is 81.8 Å². The number of aryl methyl sites for hydroxylation is 2. The van der Waals surface area contributed by atoms with Gasteiger partial charge < -0.3 is 4.57 Å². The lowest BCUT2D eigenvalue weighted by molar-refractivity contribution is -0.137. The van der Waals surface area contributed by atoms with Crippen LogP contribution in [-0.2, 0) is 12.7 Å². The fourth-order valence-electron chi connectivity index (χ4n) is 3.50. The number of aromatic nitrogens is 4. The zero-order valence-corrected chi connectivity index (χ0v) is 17.1. The first-order chi connectivity index (χ1) is 15.2.